The number of ether oxygens (including phenoxy) is 2. The Bertz CT molecular complexity index is 858. The molecule has 0 bridgehead atoms. The van der Waals surface area contributed by atoms with Gasteiger partial charge in [-0.3, -0.25) is 4.79 Å². The molecule has 0 fully saturated rings. The summed E-state index contributed by atoms with van der Waals surface area (Å²) in [5, 5.41) is 0. The van der Waals surface area contributed by atoms with Crippen molar-refractivity contribution in [2.75, 3.05) is 7.11 Å². The lowest BCUT2D eigenvalue weighted by Gasteiger charge is -2.04. The summed E-state index contributed by atoms with van der Waals surface area (Å²) in [6, 6.07) is 13.0. The zero-order valence-electron chi connectivity index (χ0n) is 13.6. The third kappa shape index (κ3) is 4.23. The lowest BCUT2D eigenvalue weighted by atomic mass is 10.2. The van der Waals surface area contributed by atoms with Crippen LogP contribution in [0, 0.1) is 5.82 Å². The minimum Gasteiger partial charge on any atom is -0.497 e. The Morgan fingerprint density at radius 1 is 1.12 bits per heavy atom. The fourth-order valence-corrected chi connectivity index (χ4v) is 2.25. The Morgan fingerprint density at radius 3 is 2.56 bits per heavy atom. The molecule has 0 aliphatic carbocycles. The number of rotatable bonds is 6. The molecule has 5 nitrogen and oxygen atoms in total. The van der Waals surface area contributed by atoms with E-state index in [1.807, 2.05) is 0 Å². The molecule has 0 radical (unpaired) electrons. The normalized spacial score (nSPS) is 10.5. The Morgan fingerprint density at radius 2 is 1.84 bits per heavy atom. The van der Waals surface area contributed by atoms with E-state index in [9.17, 15) is 9.18 Å². The summed E-state index contributed by atoms with van der Waals surface area (Å²) in [4.78, 5) is 16.0. The molecule has 0 saturated carbocycles. The van der Waals surface area contributed by atoms with Gasteiger partial charge in [-0.25, -0.2) is 9.37 Å². The summed E-state index contributed by atoms with van der Waals surface area (Å²) in [6.07, 6.45) is 1.81. The molecular weight excluding hydrogens is 325 g/mol. The number of hydrogen-bond donors (Lipinski definition) is 0. The minimum atomic E-state index is -0.407. The monoisotopic (exact) mass is 341 g/mol. The van der Waals surface area contributed by atoms with Gasteiger partial charge in [0.1, 0.15) is 17.3 Å². The Balaban J connectivity index is 1.56. The van der Waals surface area contributed by atoms with E-state index < -0.39 is 5.97 Å². The van der Waals surface area contributed by atoms with Crippen LogP contribution < -0.4 is 9.47 Å². The molecule has 0 unspecified atom stereocenters. The lowest BCUT2D eigenvalue weighted by Crippen LogP contribution is -2.09. The van der Waals surface area contributed by atoms with Crippen LogP contribution in [0.25, 0.3) is 11.3 Å². The van der Waals surface area contributed by atoms with Gasteiger partial charge in [0, 0.05) is 6.42 Å². The quantitative estimate of drug-likeness (QED) is 0.500. The molecule has 3 aromatic rings. The molecule has 1 heterocycles. The van der Waals surface area contributed by atoms with Crippen molar-refractivity contribution in [1.82, 2.24) is 4.98 Å². The average Bonchev–Trinajstić information content (AvgIpc) is 3.10. The SMILES string of the molecule is COc1ccc(OC(=O)CCc2ncc(-c3ccccc3F)o2)cc1. The first-order valence-corrected chi connectivity index (χ1v) is 7.70. The van der Waals surface area contributed by atoms with Crippen LogP contribution in [0.5, 0.6) is 11.5 Å². The van der Waals surface area contributed by atoms with Crippen LogP contribution in [0.2, 0.25) is 0 Å². The van der Waals surface area contributed by atoms with E-state index >= 15 is 0 Å². The first kappa shape index (κ1) is 16.7. The number of oxazole rings is 1. The van der Waals surface area contributed by atoms with Gasteiger partial charge < -0.3 is 13.9 Å². The van der Waals surface area contributed by atoms with Gasteiger partial charge in [0.05, 0.1) is 25.3 Å². The predicted molar refractivity (Wildman–Crippen MR) is 88.8 cm³/mol. The van der Waals surface area contributed by atoms with Crippen LogP contribution >= 0.6 is 0 Å². The zero-order chi connectivity index (χ0) is 17.6. The first-order valence-electron chi connectivity index (χ1n) is 7.70. The lowest BCUT2D eigenvalue weighted by molar-refractivity contribution is -0.134. The van der Waals surface area contributed by atoms with E-state index in [0.717, 1.165) is 0 Å². The molecular formula is C19H16FNO4. The van der Waals surface area contributed by atoms with Gasteiger partial charge in [-0.15, -0.1) is 0 Å². The van der Waals surface area contributed by atoms with E-state index in [2.05, 4.69) is 4.98 Å². The average molecular weight is 341 g/mol. The number of esters is 1. The minimum absolute atomic E-state index is 0.100. The Kier molecular flexibility index (Phi) is 5.09. The summed E-state index contributed by atoms with van der Waals surface area (Å²) in [5.74, 6) is 1.01. The number of methoxy groups -OCH3 is 1. The van der Waals surface area contributed by atoms with Crippen LogP contribution in [0.15, 0.2) is 59.1 Å². The maximum absolute atomic E-state index is 13.7. The van der Waals surface area contributed by atoms with E-state index in [4.69, 9.17) is 13.9 Å². The zero-order valence-corrected chi connectivity index (χ0v) is 13.6. The van der Waals surface area contributed by atoms with Gasteiger partial charge in [0.2, 0.25) is 0 Å². The highest BCUT2D eigenvalue weighted by atomic mass is 19.1. The van der Waals surface area contributed by atoms with Crippen molar-refractivity contribution in [1.29, 1.82) is 0 Å². The third-order valence-electron chi connectivity index (χ3n) is 3.53. The number of hydrogen-bond acceptors (Lipinski definition) is 5. The summed E-state index contributed by atoms with van der Waals surface area (Å²) >= 11 is 0. The molecule has 0 atom stereocenters. The predicted octanol–water partition coefficient (Wildman–Crippen LogP) is 4.03. The van der Waals surface area contributed by atoms with Gasteiger partial charge >= 0.3 is 5.97 Å². The number of aryl methyl sites for hydroxylation is 1. The fraction of sp³-hybridized carbons (Fsp3) is 0.158. The molecule has 1 aromatic heterocycles. The number of aromatic nitrogens is 1. The fourth-order valence-electron chi connectivity index (χ4n) is 2.25. The maximum atomic E-state index is 13.7. The van der Waals surface area contributed by atoms with Gasteiger partial charge in [-0.1, -0.05) is 12.1 Å². The molecule has 3 rings (SSSR count). The van der Waals surface area contributed by atoms with Crippen LogP contribution in [0.3, 0.4) is 0 Å². The standard InChI is InChI=1S/C19H16FNO4/c1-23-13-6-8-14(9-7-13)24-19(22)11-10-18-21-12-17(25-18)15-4-2-3-5-16(15)20/h2-9,12H,10-11H2,1H3. The number of halogens is 1. The summed E-state index contributed by atoms with van der Waals surface area (Å²) in [7, 11) is 1.56. The molecule has 0 saturated heterocycles. The molecule has 2 aromatic carbocycles. The van der Waals surface area contributed by atoms with Crippen molar-refractivity contribution in [3.63, 3.8) is 0 Å². The van der Waals surface area contributed by atoms with Crippen molar-refractivity contribution in [3.05, 3.63) is 66.4 Å². The second kappa shape index (κ2) is 7.61. The summed E-state index contributed by atoms with van der Waals surface area (Å²) in [5.41, 5.74) is 0.335. The van der Waals surface area contributed by atoms with Crippen LogP contribution in [0.1, 0.15) is 12.3 Å². The summed E-state index contributed by atoms with van der Waals surface area (Å²) < 4.78 is 29.5. The van der Waals surface area contributed by atoms with Crippen molar-refractivity contribution >= 4 is 5.97 Å². The molecule has 0 aliphatic heterocycles. The smallest absolute Gasteiger partial charge is 0.311 e. The largest absolute Gasteiger partial charge is 0.497 e. The molecule has 128 valence electrons. The van der Waals surface area contributed by atoms with Gasteiger partial charge in [0.15, 0.2) is 11.7 Å². The summed E-state index contributed by atoms with van der Waals surface area (Å²) in [6.45, 7) is 0. The molecule has 0 amide bonds. The van der Waals surface area contributed by atoms with Crippen LogP contribution in [0.4, 0.5) is 4.39 Å². The van der Waals surface area contributed by atoms with E-state index in [0.29, 0.717) is 28.7 Å². The third-order valence-corrected chi connectivity index (χ3v) is 3.53. The highest BCUT2D eigenvalue weighted by Gasteiger charge is 2.12. The van der Waals surface area contributed by atoms with E-state index in [1.165, 1.54) is 12.3 Å². The Labute approximate surface area is 144 Å². The second-order valence-electron chi connectivity index (χ2n) is 5.25. The van der Waals surface area contributed by atoms with Crippen molar-refractivity contribution in [3.8, 4) is 22.8 Å². The number of benzene rings is 2. The molecule has 0 spiro atoms. The van der Waals surface area contributed by atoms with Gasteiger partial charge in [0.25, 0.3) is 0 Å². The van der Waals surface area contributed by atoms with E-state index in [-0.39, 0.29) is 18.7 Å². The maximum Gasteiger partial charge on any atom is 0.311 e. The molecule has 6 heteroatoms. The highest BCUT2D eigenvalue weighted by molar-refractivity contribution is 5.72. The Hall–Kier alpha value is -3.15. The van der Waals surface area contributed by atoms with Crippen molar-refractivity contribution in [2.24, 2.45) is 0 Å². The molecule has 25 heavy (non-hydrogen) atoms. The first-order chi connectivity index (χ1) is 12.2. The van der Waals surface area contributed by atoms with Crippen LogP contribution in [-0.2, 0) is 11.2 Å². The number of carbonyl (C=O) groups excluding carboxylic acids is 1. The van der Waals surface area contributed by atoms with Crippen molar-refractivity contribution < 1.29 is 23.1 Å². The van der Waals surface area contributed by atoms with Crippen LogP contribution in [-0.4, -0.2) is 18.1 Å². The molecule has 0 N–H and O–H groups in total. The molecule has 0 aliphatic rings. The topological polar surface area (TPSA) is 61.6 Å². The van der Waals surface area contributed by atoms with E-state index in [1.54, 1.807) is 49.6 Å². The second-order valence-corrected chi connectivity index (χ2v) is 5.25. The highest BCUT2D eigenvalue weighted by Crippen LogP contribution is 2.24. The number of nitrogens with zero attached hydrogens (tertiary/aromatic N) is 1. The van der Waals surface area contributed by atoms with Gasteiger partial charge in [-0.05, 0) is 36.4 Å². The van der Waals surface area contributed by atoms with Gasteiger partial charge in [-0.2, -0.15) is 0 Å². The van der Waals surface area contributed by atoms with Crippen molar-refractivity contribution in [2.45, 2.75) is 12.8 Å². The number of carbonyl (C=O) groups is 1.